The number of urea groups is 1. The van der Waals surface area contributed by atoms with Crippen molar-refractivity contribution >= 4 is 11.9 Å². The van der Waals surface area contributed by atoms with Crippen molar-refractivity contribution in [1.29, 1.82) is 0 Å². The summed E-state index contributed by atoms with van der Waals surface area (Å²) >= 11 is 0. The molecule has 0 unspecified atom stereocenters. The lowest BCUT2D eigenvalue weighted by atomic mass is 9.94. The summed E-state index contributed by atoms with van der Waals surface area (Å²) in [6, 6.07) is -0.242. The minimum absolute atomic E-state index is 0.111. The maximum Gasteiger partial charge on any atom is 0.325 e. The van der Waals surface area contributed by atoms with Crippen molar-refractivity contribution in [2.45, 2.75) is 57.1 Å². The fraction of sp³-hybridized carbons (Fsp3) is 0.846. The quantitative estimate of drug-likeness (QED) is 0.776. The smallest absolute Gasteiger partial charge is 0.325 e. The van der Waals surface area contributed by atoms with Gasteiger partial charge in [-0.3, -0.25) is 10.1 Å². The van der Waals surface area contributed by atoms with Crippen LogP contribution in [0.5, 0.6) is 0 Å². The van der Waals surface area contributed by atoms with Crippen LogP contribution in [0.1, 0.15) is 46.0 Å². The van der Waals surface area contributed by atoms with Gasteiger partial charge in [0.1, 0.15) is 5.54 Å². The normalized spacial score (nSPS) is 22.9. The van der Waals surface area contributed by atoms with Gasteiger partial charge in [0.2, 0.25) is 0 Å². The Morgan fingerprint density at radius 3 is 2.50 bits per heavy atom. The largest absolute Gasteiger partial charge is 0.379 e. The molecule has 1 heterocycles. The van der Waals surface area contributed by atoms with E-state index < -0.39 is 5.54 Å². The number of carbonyl (C=O) groups excluding carboxylic acids is 2. The van der Waals surface area contributed by atoms with Gasteiger partial charge in [0.25, 0.3) is 5.91 Å². The Morgan fingerprint density at radius 1 is 1.33 bits per heavy atom. The van der Waals surface area contributed by atoms with Crippen LogP contribution in [0, 0.1) is 0 Å². The van der Waals surface area contributed by atoms with Crippen LogP contribution in [0.15, 0.2) is 0 Å². The molecule has 102 valence electrons. The highest BCUT2D eigenvalue weighted by Gasteiger charge is 2.53. The molecular weight excluding hydrogens is 232 g/mol. The number of hydrogen-bond donors (Lipinski definition) is 1. The van der Waals surface area contributed by atoms with Gasteiger partial charge in [-0.1, -0.05) is 12.8 Å². The minimum Gasteiger partial charge on any atom is -0.379 e. The third kappa shape index (κ3) is 2.11. The molecule has 5 nitrogen and oxygen atoms in total. The van der Waals surface area contributed by atoms with Gasteiger partial charge < -0.3 is 9.64 Å². The van der Waals surface area contributed by atoms with Gasteiger partial charge >= 0.3 is 6.03 Å². The van der Waals surface area contributed by atoms with E-state index in [1.165, 1.54) is 0 Å². The second kappa shape index (κ2) is 4.53. The zero-order valence-electron chi connectivity index (χ0n) is 11.4. The summed E-state index contributed by atoms with van der Waals surface area (Å²) in [4.78, 5) is 25.6. The second-order valence-corrected chi connectivity index (χ2v) is 5.86. The molecule has 1 aliphatic heterocycles. The molecule has 5 heteroatoms. The molecule has 18 heavy (non-hydrogen) atoms. The summed E-state index contributed by atoms with van der Waals surface area (Å²) in [5.74, 6) is -0.111. The van der Waals surface area contributed by atoms with Crippen LogP contribution >= 0.6 is 0 Å². The molecule has 2 rings (SSSR count). The first kappa shape index (κ1) is 13.3. The molecule has 1 aliphatic carbocycles. The monoisotopic (exact) mass is 254 g/mol. The van der Waals surface area contributed by atoms with E-state index in [0.717, 1.165) is 32.1 Å². The molecule has 2 fully saturated rings. The molecule has 0 bridgehead atoms. The van der Waals surface area contributed by atoms with Crippen molar-refractivity contribution in [3.63, 3.8) is 0 Å². The predicted octanol–water partition coefficient (Wildman–Crippen LogP) is 1.67. The Bertz CT molecular complexity index is 359. The highest BCUT2D eigenvalue weighted by Crippen LogP contribution is 2.39. The minimum atomic E-state index is -0.569. The number of hydrogen-bond acceptors (Lipinski definition) is 3. The number of nitrogens with one attached hydrogen (secondary N) is 1. The second-order valence-electron chi connectivity index (χ2n) is 5.86. The van der Waals surface area contributed by atoms with Crippen LogP contribution in [0.4, 0.5) is 4.79 Å². The standard InChI is InChI=1S/C13H22N2O3/c1-12(2,18-3)8-9-15-11(17)14-10(16)13(15)6-4-5-7-13/h4-9H2,1-3H3,(H,14,16,17). The summed E-state index contributed by atoms with van der Waals surface area (Å²) in [6.07, 6.45) is 4.34. The Kier molecular flexibility index (Phi) is 3.36. The number of ether oxygens (including phenoxy) is 1. The number of methoxy groups -OCH3 is 1. The molecule has 0 radical (unpaired) electrons. The maximum absolute atomic E-state index is 12.0. The molecule has 0 aromatic carbocycles. The average Bonchev–Trinajstić information content (AvgIpc) is 2.87. The van der Waals surface area contributed by atoms with Crippen molar-refractivity contribution < 1.29 is 14.3 Å². The lowest BCUT2D eigenvalue weighted by Crippen LogP contribution is -2.48. The van der Waals surface area contributed by atoms with Crippen molar-refractivity contribution in [3.05, 3.63) is 0 Å². The average molecular weight is 254 g/mol. The Hall–Kier alpha value is -1.10. The highest BCUT2D eigenvalue weighted by atomic mass is 16.5. The zero-order chi connectivity index (χ0) is 13.4. The van der Waals surface area contributed by atoms with Gasteiger partial charge in [0.15, 0.2) is 0 Å². The van der Waals surface area contributed by atoms with Crippen molar-refractivity contribution in [3.8, 4) is 0 Å². The highest BCUT2D eigenvalue weighted by molar-refractivity contribution is 6.07. The number of nitrogens with zero attached hydrogens (tertiary/aromatic N) is 1. The van der Waals surface area contributed by atoms with Gasteiger partial charge in [-0.05, 0) is 33.1 Å². The summed E-state index contributed by atoms with van der Waals surface area (Å²) < 4.78 is 5.37. The van der Waals surface area contributed by atoms with E-state index in [2.05, 4.69) is 5.32 Å². The number of imide groups is 1. The van der Waals surface area contributed by atoms with E-state index in [1.54, 1.807) is 12.0 Å². The van der Waals surface area contributed by atoms with Crippen LogP contribution in [0.25, 0.3) is 0 Å². The van der Waals surface area contributed by atoms with Gasteiger partial charge in [-0.25, -0.2) is 4.79 Å². The fourth-order valence-corrected chi connectivity index (χ4v) is 2.85. The predicted molar refractivity (Wildman–Crippen MR) is 67.1 cm³/mol. The SMILES string of the molecule is COC(C)(C)CCN1C(=O)NC(=O)C12CCCC2. The van der Waals surface area contributed by atoms with Crippen molar-refractivity contribution in [1.82, 2.24) is 10.2 Å². The van der Waals surface area contributed by atoms with Crippen LogP contribution in [0.3, 0.4) is 0 Å². The summed E-state index contributed by atoms with van der Waals surface area (Å²) in [6.45, 7) is 4.55. The van der Waals surface area contributed by atoms with E-state index in [0.29, 0.717) is 6.54 Å². The van der Waals surface area contributed by atoms with Crippen LogP contribution in [-0.2, 0) is 9.53 Å². The molecule has 3 amide bonds. The van der Waals surface area contributed by atoms with E-state index in [9.17, 15) is 9.59 Å². The molecule has 1 spiro atoms. The Morgan fingerprint density at radius 2 is 1.94 bits per heavy atom. The molecule has 1 N–H and O–H groups in total. The molecule has 0 aromatic heterocycles. The first-order valence-electron chi connectivity index (χ1n) is 6.59. The zero-order valence-corrected chi connectivity index (χ0v) is 11.4. The van der Waals surface area contributed by atoms with Gasteiger partial charge in [-0.15, -0.1) is 0 Å². The van der Waals surface area contributed by atoms with E-state index in [4.69, 9.17) is 4.74 Å². The van der Waals surface area contributed by atoms with Gasteiger partial charge in [0, 0.05) is 13.7 Å². The van der Waals surface area contributed by atoms with E-state index >= 15 is 0 Å². The third-order valence-electron chi connectivity index (χ3n) is 4.33. The maximum atomic E-state index is 12.0. The molecule has 0 atom stereocenters. The Labute approximate surface area is 108 Å². The summed E-state index contributed by atoms with van der Waals surface area (Å²) in [7, 11) is 1.67. The van der Waals surface area contributed by atoms with E-state index in [1.807, 2.05) is 13.8 Å². The van der Waals surface area contributed by atoms with Gasteiger partial charge in [-0.2, -0.15) is 0 Å². The number of carbonyl (C=O) groups is 2. The Balaban J connectivity index is 2.10. The van der Waals surface area contributed by atoms with Crippen LogP contribution in [0.2, 0.25) is 0 Å². The molecule has 2 aliphatic rings. The number of rotatable bonds is 4. The van der Waals surface area contributed by atoms with Crippen molar-refractivity contribution in [2.75, 3.05) is 13.7 Å². The molecule has 1 saturated heterocycles. The van der Waals surface area contributed by atoms with Gasteiger partial charge in [0.05, 0.1) is 5.60 Å². The molecular formula is C13H22N2O3. The first-order chi connectivity index (χ1) is 8.41. The third-order valence-corrected chi connectivity index (χ3v) is 4.33. The summed E-state index contributed by atoms with van der Waals surface area (Å²) in [5.41, 5.74) is -0.841. The summed E-state index contributed by atoms with van der Waals surface area (Å²) in [5, 5.41) is 2.46. The molecule has 1 saturated carbocycles. The van der Waals surface area contributed by atoms with Crippen molar-refractivity contribution in [2.24, 2.45) is 0 Å². The lowest BCUT2D eigenvalue weighted by Gasteiger charge is -2.34. The topological polar surface area (TPSA) is 58.6 Å². The van der Waals surface area contributed by atoms with Crippen LogP contribution < -0.4 is 5.32 Å². The van der Waals surface area contributed by atoms with Crippen LogP contribution in [-0.4, -0.2) is 41.6 Å². The first-order valence-corrected chi connectivity index (χ1v) is 6.59. The van der Waals surface area contributed by atoms with E-state index in [-0.39, 0.29) is 17.5 Å². The lowest BCUT2D eigenvalue weighted by molar-refractivity contribution is -0.126. The molecule has 0 aromatic rings. The fourth-order valence-electron chi connectivity index (χ4n) is 2.85. The number of amides is 3.